The number of pyridine rings is 1. The molecule has 0 spiro atoms. The van der Waals surface area contributed by atoms with Crippen LogP contribution in [0.1, 0.15) is 22.8 Å². The SMILES string of the molecule is CCn1c(=O)c(-c2ccc(C(=O)Nc3cc(Cl)ccc3C)cc2)nc2cccnc21. The van der Waals surface area contributed by atoms with Gasteiger partial charge >= 0.3 is 0 Å². The lowest BCUT2D eigenvalue weighted by molar-refractivity contribution is 0.102. The molecule has 2 aromatic carbocycles. The van der Waals surface area contributed by atoms with Gasteiger partial charge in [-0.25, -0.2) is 9.97 Å². The number of anilines is 1. The second kappa shape index (κ2) is 8.08. The molecule has 1 N–H and O–H groups in total. The summed E-state index contributed by atoms with van der Waals surface area (Å²) in [7, 11) is 0. The molecule has 4 aromatic rings. The molecule has 0 saturated carbocycles. The van der Waals surface area contributed by atoms with Crippen molar-refractivity contribution in [1.29, 1.82) is 0 Å². The van der Waals surface area contributed by atoms with Crippen molar-refractivity contribution < 1.29 is 4.79 Å². The monoisotopic (exact) mass is 418 g/mol. The number of hydrogen-bond acceptors (Lipinski definition) is 4. The number of benzene rings is 2. The van der Waals surface area contributed by atoms with E-state index in [9.17, 15) is 9.59 Å². The Morgan fingerprint density at radius 3 is 2.63 bits per heavy atom. The zero-order chi connectivity index (χ0) is 21.3. The maximum absolute atomic E-state index is 12.9. The standard InChI is InChI=1S/C23H19ClN4O2/c1-3-28-21-18(5-4-12-25-21)26-20(23(28)30)15-7-9-16(10-8-15)22(29)27-19-13-17(24)11-6-14(19)2/h4-13H,3H2,1-2H3,(H,27,29). The van der Waals surface area contributed by atoms with E-state index in [1.807, 2.05) is 26.0 Å². The number of aryl methyl sites for hydroxylation is 2. The number of carbonyl (C=O) groups is 1. The van der Waals surface area contributed by atoms with Gasteiger partial charge in [-0.05, 0) is 55.8 Å². The van der Waals surface area contributed by atoms with Crippen molar-refractivity contribution in [2.75, 3.05) is 5.32 Å². The minimum absolute atomic E-state index is 0.213. The third-order valence-corrected chi connectivity index (χ3v) is 5.12. The first-order valence-corrected chi connectivity index (χ1v) is 9.89. The van der Waals surface area contributed by atoms with Gasteiger partial charge in [-0.1, -0.05) is 29.8 Å². The zero-order valence-corrected chi connectivity index (χ0v) is 17.3. The van der Waals surface area contributed by atoms with Crippen LogP contribution in [0.5, 0.6) is 0 Å². The van der Waals surface area contributed by atoms with E-state index >= 15 is 0 Å². The number of aromatic nitrogens is 3. The average molecular weight is 419 g/mol. The highest BCUT2D eigenvalue weighted by Gasteiger charge is 2.14. The molecule has 4 rings (SSSR count). The van der Waals surface area contributed by atoms with Gasteiger partial charge in [0.15, 0.2) is 5.65 Å². The molecule has 0 fully saturated rings. The van der Waals surface area contributed by atoms with Gasteiger partial charge in [-0.3, -0.25) is 14.2 Å². The van der Waals surface area contributed by atoms with Crippen LogP contribution in [0, 0.1) is 6.92 Å². The Labute approximate surface area is 178 Å². The molecule has 0 unspecified atom stereocenters. The van der Waals surface area contributed by atoms with E-state index in [2.05, 4.69) is 15.3 Å². The summed E-state index contributed by atoms with van der Waals surface area (Å²) < 4.78 is 1.60. The van der Waals surface area contributed by atoms with E-state index in [-0.39, 0.29) is 11.5 Å². The summed E-state index contributed by atoms with van der Waals surface area (Å²) in [6, 6.07) is 15.8. The summed E-state index contributed by atoms with van der Waals surface area (Å²) in [5, 5.41) is 3.42. The van der Waals surface area contributed by atoms with Crippen molar-refractivity contribution in [2.45, 2.75) is 20.4 Å². The molecule has 0 aliphatic carbocycles. The Morgan fingerprint density at radius 2 is 1.90 bits per heavy atom. The molecule has 1 amide bonds. The topological polar surface area (TPSA) is 76.9 Å². The molecule has 0 atom stereocenters. The molecule has 0 aliphatic rings. The predicted octanol–water partition coefficient (Wildman–Crippen LogP) is 4.69. The fourth-order valence-electron chi connectivity index (χ4n) is 3.26. The van der Waals surface area contributed by atoms with Crippen LogP contribution in [0.3, 0.4) is 0 Å². The smallest absolute Gasteiger partial charge is 0.278 e. The van der Waals surface area contributed by atoms with Gasteiger partial charge in [-0.15, -0.1) is 0 Å². The van der Waals surface area contributed by atoms with Crippen molar-refractivity contribution in [3.8, 4) is 11.3 Å². The first-order chi connectivity index (χ1) is 14.5. The Bertz CT molecular complexity index is 1310. The van der Waals surface area contributed by atoms with E-state index in [1.54, 1.807) is 53.2 Å². The highest BCUT2D eigenvalue weighted by Crippen LogP contribution is 2.22. The van der Waals surface area contributed by atoms with Gasteiger partial charge in [0.25, 0.3) is 11.5 Å². The second-order valence-corrected chi connectivity index (χ2v) is 7.28. The zero-order valence-electron chi connectivity index (χ0n) is 16.5. The minimum Gasteiger partial charge on any atom is -0.322 e. The summed E-state index contributed by atoms with van der Waals surface area (Å²) >= 11 is 6.02. The molecule has 30 heavy (non-hydrogen) atoms. The third kappa shape index (κ3) is 3.69. The van der Waals surface area contributed by atoms with Crippen molar-refractivity contribution in [3.05, 3.63) is 87.3 Å². The van der Waals surface area contributed by atoms with Crippen LogP contribution in [0.4, 0.5) is 5.69 Å². The third-order valence-electron chi connectivity index (χ3n) is 4.89. The summed E-state index contributed by atoms with van der Waals surface area (Å²) in [4.78, 5) is 34.3. The van der Waals surface area contributed by atoms with Crippen molar-refractivity contribution in [1.82, 2.24) is 14.5 Å². The molecule has 6 nitrogen and oxygen atoms in total. The largest absolute Gasteiger partial charge is 0.322 e. The first kappa shape index (κ1) is 19.8. The number of hydrogen-bond donors (Lipinski definition) is 1. The Morgan fingerprint density at radius 1 is 1.13 bits per heavy atom. The number of fused-ring (bicyclic) bond motifs is 1. The van der Waals surface area contributed by atoms with Gasteiger partial charge in [0.2, 0.25) is 0 Å². The molecule has 0 saturated heterocycles. The molecule has 0 aliphatic heterocycles. The van der Waals surface area contributed by atoms with E-state index in [0.29, 0.717) is 45.2 Å². The van der Waals surface area contributed by atoms with Crippen LogP contribution in [0.15, 0.2) is 65.6 Å². The average Bonchev–Trinajstić information content (AvgIpc) is 2.76. The van der Waals surface area contributed by atoms with Crippen molar-refractivity contribution in [2.24, 2.45) is 0 Å². The summed E-state index contributed by atoms with van der Waals surface area (Å²) in [5.41, 5.74) is 4.00. The fraction of sp³-hybridized carbons (Fsp3) is 0.130. The van der Waals surface area contributed by atoms with Crippen LogP contribution >= 0.6 is 11.6 Å². The highest BCUT2D eigenvalue weighted by molar-refractivity contribution is 6.31. The highest BCUT2D eigenvalue weighted by atomic mass is 35.5. The number of rotatable bonds is 4. The van der Waals surface area contributed by atoms with Crippen LogP contribution in [0.25, 0.3) is 22.4 Å². The lowest BCUT2D eigenvalue weighted by Gasteiger charge is -2.11. The molecule has 7 heteroatoms. The molecular formula is C23H19ClN4O2. The summed E-state index contributed by atoms with van der Waals surface area (Å²) in [5.74, 6) is -0.256. The minimum atomic E-state index is -0.256. The molecule has 0 radical (unpaired) electrons. The first-order valence-electron chi connectivity index (χ1n) is 9.51. The predicted molar refractivity (Wildman–Crippen MR) is 119 cm³/mol. The fourth-order valence-corrected chi connectivity index (χ4v) is 3.43. The maximum atomic E-state index is 12.9. The normalized spacial score (nSPS) is 10.9. The van der Waals surface area contributed by atoms with E-state index in [0.717, 1.165) is 5.56 Å². The van der Waals surface area contributed by atoms with Gasteiger partial charge in [0.05, 0.1) is 0 Å². The maximum Gasteiger partial charge on any atom is 0.278 e. The van der Waals surface area contributed by atoms with E-state index in [4.69, 9.17) is 11.6 Å². The number of amides is 1. The quantitative estimate of drug-likeness (QED) is 0.521. The van der Waals surface area contributed by atoms with Crippen LogP contribution < -0.4 is 10.9 Å². The lowest BCUT2D eigenvalue weighted by Crippen LogP contribution is -2.23. The van der Waals surface area contributed by atoms with Gasteiger partial charge in [0, 0.05) is 34.6 Å². The van der Waals surface area contributed by atoms with Gasteiger partial charge in [-0.2, -0.15) is 0 Å². The van der Waals surface area contributed by atoms with E-state index < -0.39 is 0 Å². The number of halogens is 1. The Kier molecular flexibility index (Phi) is 5.33. The van der Waals surface area contributed by atoms with Gasteiger partial charge < -0.3 is 5.32 Å². The molecule has 0 bridgehead atoms. The van der Waals surface area contributed by atoms with E-state index in [1.165, 1.54) is 0 Å². The molecule has 2 aromatic heterocycles. The number of nitrogens with one attached hydrogen (secondary N) is 1. The van der Waals surface area contributed by atoms with Crippen molar-refractivity contribution >= 4 is 34.4 Å². The lowest BCUT2D eigenvalue weighted by atomic mass is 10.1. The summed E-state index contributed by atoms with van der Waals surface area (Å²) in [6.45, 7) is 4.28. The Balaban J connectivity index is 1.67. The Hall–Kier alpha value is -3.51. The molecular weight excluding hydrogens is 400 g/mol. The van der Waals surface area contributed by atoms with Crippen LogP contribution in [-0.4, -0.2) is 20.4 Å². The molecule has 2 heterocycles. The van der Waals surface area contributed by atoms with Crippen LogP contribution in [-0.2, 0) is 6.54 Å². The second-order valence-electron chi connectivity index (χ2n) is 6.85. The number of carbonyl (C=O) groups excluding carboxylic acids is 1. The molecule has 150 valence electrons. The van der Waals surface area contributed by atoms with Gasteiger partial charge in [0.1, 0.15) is 11.2 Å². The summed E-state index contributed by atoms with van der Waals surface area (Å²) in [6.07, 6.45) is 1.64. The van der Waals surface area contributed by atoms with Crippen molar-refractivity contribution in [3.63, 3.8) is 0 Å². The number of nitrogens with zero attached hydrogens (tertiary/aromatic N) is 3. The van der Waals surface area contributed by atoms with Crippen LogP contribution in [0.2, 0.25) is 5.02 Å².